The number of methoxy groups -OCH3 is 1. The zero-order chi connectivity index (χ0) is 31.0. The zero-order valence-corrected chi connectivity index (χ0v) is 25.0. The Hall–Kier alpha value is -5.19. The van der Waals surface area contributed by atoms with E-state index in [1.54, 1.807) is 56.5 Å². The molecule has 1 atom stereocenters. The number of furan rings is 1. The number of nitrogens with one attached hydrogen (secondary N) is 1. The van der Waals surface area contributed by atoms with E-state index in [2.05, 4.69) is 10.3 Å². The molecule has 1 amide bonds. The van der Waals surface area contributed by atoms with Crippen LogP contribution >= 0.6 is 22.9 Å². The zero-order valence-electron chi connectivity index (χ0n) is 23.4. The number of ether oxygens (including phenoxy) is 1. The maximum Gasteiger partial charge on any atom is 0.335 e. The van der Waals surface area contributed by atoms with Gasteiger partial charge in [-0.25, -0.2) is 9.79 Å². The molecule has 0 radical (unpaired) electrons. The number of thiazole rings is 1. The number of para-hydroxylation sites is 1. The smallest absolute Gasteiger partial charge is 0.335 e. The van der Waals surface area contributed by atoms with Crippen LogP contribution in [0.2, 0.25) is 5.02 Å². The van der Waals surface area contributed by atoms with Crippen LogP contribution in [-0.2, 0) is 4.79 Å². The highest BCUT2D eigenvalue weighted by Gasteiger charge is 2.32. The molecule has 6 rings (SSSR count). The quantitative estimate of drug-likeness (QED) is 0.246. The highest BCUT2D eigenvalue weighted by atomic mass is 35.5. The molecule has 3 aromatic carbocycles. The Morgan fingerprint density at radius 3 is 2.52 bits per heavy atom. The summed E-state index contributed by atoms with van der Waals surface area (Å²) < 4.78 is 13.1. The van der Waals surface area contributed by atoms with Crippen molar-refractivity contribution in [1.82, 2.24) is 4.57 Å². The van der Waals surface area contributed by atoms with Crippen molar-refractivity contribution in [2.24, 2.45) is 4.99 Å². The van der Waals surface area contributed by atoms with Crippen LogP contribution < -0.4 is 24.9 Å². The number of carbonyl (C=O) groups excluding carboxylic acids is 1. The molecule has 2 aromatic heterocycles. The number of allylic oxidation sites excluding steroid dienone is 1. The number of nitrogens with zero attached hydrogens (tertiary/aromatic N) is 2. The first-order valence-electron chi connectivity index (χ1n) is 13.4. The number of hydrogen-bond donors (Lipinski definition) is 2. The lowest BCUT2D eigenvalue weighted by molar-refractivity contribution is -0.113. The van der Waals surface area contributed by atoms with Gasteiger partial charge in [-0.05, 0) is 67.1 Å². The van der Waals surface area contributed by atoms with Crippen LogP contribution in [0.5, 0.6) is 5.75 Å². The molecule has 0 unspecified atom stereocenters. The molecule has 1 aliphatic rings. The van der Waals surface area contributed by atoms with E-state index in [1.807, 2.05) is 30.3 Å². The minimum Gasteiger partial charge on any atom is -0.497 e. The van der Waals surface area contributed by atoms with Gasteiger partial charge >= 0.3 is 5.97 Å². The molecule has 44 heavy (non-hydrogen) atoms. The predicted molar refractivity (Wildman–Crippen MR) is 168 cm³/mol. The number of fused-ring (bicyclic) bond motifs is 1. The molecule has 3 heterocycles. The van der Waals surface area contributed by atoms with Crippen molar-refractivity contribution in [3.8, 4) is 17.1 Å². The molecule has 1 aliphatic heterocycles. The number of halogens is 1. The molecule has 5 aromatic rings. The Labute approximate surface area is 259 Å². The van der Waals surface area contributed by atoms with E-state index in [9.17, 15) is 19.5 Å². The lowest BCUT2D eigenvalue weighted by atomic mass is 9.95. The third-order valence-corrected chi connectivity index (χ3v) is 8.42. The summed E-state index contributed by atoms with van der Waals surface area (Å²) in [6.07, 6.45) is 1.59. The van der Waals surface area contributed by atoms with Gasteiger partial charge in [-0.2, -0.15) is 0 Å². The van der Waals surface area contributed by atoms with Crippen molar-refractivity contribution >= 4 is 46.6 Å². The SMILES string of the molecule is COc1ccc([C@H]2C(C(=O)Nc3ccccc3)=C(C)N=c3s/c(=C/c4ccc(-c5cc(C(=O)O)ccc5Cl)o4)c(=O)n32)cc1. The Balaban J connectivity index is 1.44. The Bertz CT molecular complexity index is 2130. The van der Waals surface area contributed by atoms with Crippen molar-refractivity contribution in [1.29, 1.82) is 0 Å². The molecule has 0 spiro atoms. The number of carboxylic acids is 1. The first-order valence-corrected chi connectivity index (χ1v) is 14.6. The molecule has 0 fully saturated rings. The average Bonchev–Trinajstić information content (AvgIpc) is 3.61. The molecule has 0 saturated carbocycles. The normalized spacial score (nSPS) is 14.6. The highest BCUT2D eigenvalue weighted by molar-refractivity contribution is 7.07. The van der Waals surface area contributed by atoms with Gasteiger partial charge in [-0.15, -0.1) is 0 Å². The number of amides is 1. The van der Waals surface area contributed by atoms with Crippen molar-refractivity contribution in [3.05, 3.63) is 138 Å². The Kier molecular flexibility index (Phi) is 7.77. The van der Waals surface area contributed by atoms with E-state index >= 15 is 0 Å². The maximum atomic E-state index is 14.0. The third-order valence-electron chi connectivity index (χ3n) is 7.11. The summed E-state index contributed by atoms with van der Waals surface area (Å²) in [6, 6.07) is 23.2. The van der Waals surface area contributed by atoms with Gasteiger partial charge in [0.15, 0.2) is 4.80 Å². The second-order valence-electron chi connectivity index (χ2n) is 9.88. The topological polar surface area (TPSA) is 123 Å². The van der Waals surface area contributed by atoms with E-state index in [0.717, 1.165) is 0 Å². The van der Waals surface area contributed by atoms with Crippen LogP contribution in [0.25, 0.3) is 17.4 Å². The minimum absolute atomic E-state index is 0.0664. The van der Waals surface area contributed by atoms with Crippen LogP contribution in [0.15, 0.2) is 110 Å². The van der Waals surface area contributed by atoms with Crippen LogP contribution in [0, 0.1) is 0 Å². The molecular formula is C33H24ClN3O6S. The third kappa shape index (κ3) is 5.48. The van der Waals surface area contributed by atoms with Gasteiger partial charge in [0, 0.05) is 17.3 Å². The van der Waals surface area contributed by atoms with Gasteiger partial charge in [-0.3, -0.25) is 14.2 Å². The maximum absolute atomic E-state index is 14.0. The number of rotatable bonds is 7. The van der Waals surface area contributed by atoms with Crippen molar-refractivity contribution in [3.63, 3.8) is 0 Å². The van der Waals surface area contributed by atoms with Gasteiger partial charge in [0.25, 0.3) is 11.5 Å². The summed E-state index contributed by atoms with van der Waals surface area (Å²) in [7, 11) is 1.57. The fraction of sp³-hybridized carbons (Fsp3) is 0.0909. The summed E-state index contributed by atoms with van der Waals surface area (Å²) in [5.74, 6) is -0.109. The fourth-order valence-corrected chi connectivity index (χ4v) is 6.22. The summed E-state index contributed by atoms with van der Waals surface area (Å²) in [6.45, 7) is 1.75. The largest absolute Gasteiger partial charge is 0.497 e. The molecule has 11 heteroatoms. The fourth-order valence-electron chi connectivity index (χ4n) is 4.98. The van der Waals surface area contributed by atoms with Gasteiger partial charge in [0.05, 0.1) is 39.5 Å². The molecule has 0 aliphatic carbocycles. The van der Waals surface area contributed by atoms with Crippen molar-refractivity contribution in [2.45, 2.75) is 13.0 Å². The number of carboxylic acid groups (broad SMARTS) is 1. The summed E-state index contributed by atoms with van der Waals surface area (Å²) in [5, 5.41) is 12.6. The molecule has 0 saturated heterocycles. The van der Waals surface area contributed by atoms with Gasteiger partial charge in [0.2, 0.25) is 0 Å². The van der Waals surface area contributed by atoms with Crippen molar-refractivity contribution < 1.29 is 23.8 Å². The summed E-state index contributed by atoms with van der Waals surface area (Å²) in [4.78, 5) is 44.2. The number of hydrogen-bond acceptors (Lipinski definition) is 7. The number of benzene rings is 3. The first-order chi connectivity index (χ1) is 21.2. The Morgan fingerprint density at radius 2 is 1.82 bits per heavy atom. The summed E-state index contributed by atoms with van der Waals surface area (Å²) in [5.41, 5.74) is 2.28. The number of carbonyl (C=O) groups is 2. The van der Waals surface area contributed by atoms with Crippen LogP contribution in [0.1, 0.15) is 34.6 Å². The number of aromatic nitrogens is 1. The second kappa shape index (κ2) is 11.8. The molecular weight excluding hydrogens is 602 g/mol. The highest BCUT2D eigenvalue weighted by Crippen LogP contribution is 2.33. The number of anilines is 1. The van der Waals surface area contributed by atoms with Crippen LogP contribution in [-0.4, -0.2) is 28.7 Å². The van der Waals surface area contributed by atoms with Gasteiger partial charge in [0.1, 0.15) is 17.3 Å². The van der Waals surface area contributed by atoms with E-state index in [4.69, 9.17) is 20.8 Å². The van der Waals surface area contributed by atoms with Crippen LogP contribution in [0.3, 0.4) is 0 Å². The summed E-state index contributed by atoms with van der Waals surface area (Å²) >= 11 is 7.50. The monoisotopic (exact) mass is 625 g/mol. The predicted octanol–water partition coefficient (Wildman–Crippen LogP) is 5.49. The lowest BCUT2D eigenvalue weighted by Gasteiger charge is -2.25. The average molecular weight is 626 g/mol. The second-order valence-corrected chi connectivity index (χ2v) is 11.3. The standard InChI is InChI=1S/C33H24ClN3O6S/c1-18-28(30(38)36-21-6-4-3-5-7-21)29(19-8-11-22(42-2)12-9-19)37-31(39)27(44-33(37)35-18)17-23-13-15-26(43-23)24-16-20(32(40)41)10-14-25(24)34/h3-17,29H,1-2H3,(H,36,38)(H,40,41)/b27-17+/t29-/m0/s1. The molecule has 2 N–H and O–H groups in total. The molecule has 220 valence electrons. The molecule has 0 bridgehead atoms. The first kappa shape index (κ1) is 28.9. The van der Waals surface area contributed by atoms with Crippen molar-refractivity contribution in [2.75, 3.05) is 12.4 Å². The van der Waals surface area contributed by atoms with E-state index in [1.165, 1.54) is 34.1 Å². The van der Waals surface area contributed by atoms with E-state index < -0.39 is 12.0 Å². The van der Waals surface area contributed by atoms with Gasteiger partial charge < -0.3 is 19.6 Å². The van der Waals surface area contributed by atoms with Crippen LogP contribution in [0.4, 0.5) is 5.69 Å². The Morgan fingerprint density at radius 1 is 1.07 bits per heavy atom. The van der Waals surface area contributed by atoms with E-state index in [0.29, 0.717) is 59.7 Å². The van der Waals surface area contributed by atoms with E-state index in [-0.39, 0.29) is 17.0 Å². The number of aromatic carboxylic acids is 1. The van der Waals surface area contributed by atoms with Gasteiger partial charge in [-0.1, -0.05) is 53.3 Å². The lowest BCUT2D eigenvalue weighted by Crippen LogP contribution is -2.40. The minimum atomic E-state index is -1.09. The molecule has 9 nitrogen and oxygen atoms in total.